The van der Waals surface area contributed by atoms with Gasteiger partial charge in [0.1, 0.15) is 11.6 Å². The van der Waals surface area contributed by atoms with E-state index in [9.17, 15) is 9.18 Å². The maximum absolute atomic E-state index is 13.0. The van der Waals surface area contributed by atoms with Crippen molar-refractivity contribution in [2.24, 2.45) is 0 Å². The first-order valence-electron chi connectivity index (χ1n) is 7.00. The van der Waals surface area contributed by atoms with Crippen LogP contribution in [0.2, 0.25) is 0 Å². The molecule has 0 aliphatic carbocycles. The summed E-state index contributed by atoms with van der Waals surface area (Å²) in [7, 11) is 0. The summed E-state index contributed by atoms with van der Waals surface area (Å²) in [4.78, 5) is 12.1. The Labute approximate surface area is 130 Å². The summed E-state index contributed by atoms with van der Waals surface area (Å²) in [5.41, 5.74) is 0. The third-order valence-electron chi connectivity index (χ3n) is 3.45. The number of hydrogen-bond donors (Lipinski definition) is 2. The van der Waals surface area contributed by atoms with Crippen molar-refractivity contribution in [3.8, 4) is 5.75 Å². The van der Waals surface area contributed by atoms with E-state index in [-0.39, 0.29) is 30.2 Å². The lowest BCUT2D eigenvalue weighted by molar-refractivity contribution is -0.128. The second-order valence-corrected chi connectivity index (χ2v) is 5.30. The predicted octanol–water partition coefficient (Wildman–Crippen LogP) is 2.27. The van der Waals surface area contributed by atoms with Crippen LogP contribution >= 0.6 is 12.4 Å². The highest BCUT2D eigenvalue weighted by Gasteiger charge is 2.23. The number of benzene rings is 1. The Morgan fingerprint density at radius 1 is 1.52 bits per heavy atom. The highest BCUT2D eigenvalue weighted by atomic mass is 35.5. The van der Waals surface area contributed by atoms with E-state index in [0.29, 0.717) is 11.8 Å². The fourth-order valence-corrected chi connectivity index (χ4v) is 2.38. The molecule has 21 heavy (non-hydrogen) atoms. The van der Waals surface area contributed by atoms with Crippen LogP contribution in [0.15, 0.2) is 24.3 Å². The Hall–Kier alpha value is -1.33. The molecule has 2 rings (SSSR count). The summed E-state index contributed by atoms with van der Waals surface area (Å²) >= 11 is 0. The Morgan fingerprint density at radius 2 is 2.29 bits per heavy atom. The minimum Gasteiger partial charge on any atom is -0.481 e. The van der Waals surface area contributed by atoms with Gasteiger partial charge in [0.05, 0.1) is 0 Å². The molecular weight excluding hydrogens is 295 g/mol. The van der Waals surface area contributed by atoms with Crippen molar-refractivity contribution in [3.63, 3.8) is 0 Å². The quantitative estimate of drug-likeness (QED) is 0.896. The van der Waals surface area contributed by atoms with Gasteiger partial charge in [-0.2, -0.15) is 0 Å². The molecule has 1 heterocycles. The van der Waals surface area contributed by atoms with E-state index in [4.69, 9.17) is 4.74 Å². The summed E-state index contributed by atoms with van der Waals surface area (Å²) in [6, 6.07) is 6.40. The maximum atomic E-state index is 13.0. The lowest BCUT2D eigenvalue weighted by Gasteiger charge is -2.29. The first-order valence-corrected chi connectivity index (χ1v) is 7.00. The Kier molecular flexibility index (Phi) is 6.92. The number of nitrogens with one attached hydrogen (secondary N) is 2. The Bertz CT molecular complexity index is 473. The minimum atomic E-state index is -0.637. The zero-order valence-corrected chi connectivity index (χ0v) is 13.1. The molecule has 4 nitrogen and oxygen atoms in total. The molecule has 118 valence electrons. The van der Waals surface area contributed by atoms with Gasteiger partial charge in [0.15, 0.2) is 6.10 Å². The van der Waals surface area contributed by atoms with Gasteiger partial charge >= 0.3 is 0 Å². The summed E-state index contributed by atoms with van der Waals surface area (Å²) in [6.07, 6.45) is 1.20. The van der Waals surface area contributed by atoms with Crippen LogP contribution in [0.3, 0.4) is 0 Å². The van der Waals surface area contributed by atoms with Gasteiger partial charge in [-0.1, -0.05) is 6.07 Å². The van der Waals surface area contributed by atoms with Crippen LogP contribution in [-0.4, -0.2) is 30.6 Å². The van der Waals surface area contributed by atoms with Crippen LogP contribution in [0.5, 0.6) is 5.75 Å². The molecule has 1 aromatic rings. The first kappa shape index (κ1) is 17.7. The van der Waals surface area contributed by atoms with E-state index >= 15 is 0 Å². The SMILES string of the molecule is CC1CC(NC(=O)C(C)Oc2cccc(F)c2)CCN1.Cl. The van der Waals surface area contributed by atoms with Crippen LogP contribution in [0.25, 0.3) is 0 Å². The number of carbonyl (C=O) groups is 1. The third kappa shape index (κ3) is 5.52. The van der Waals surface area contributed by atoms with Crippen molar-refractivity contribution in [1.82, 2.24) is 10.6 Å². The summed E-state index contributed by atoms with van der Waals surface area (Å²) < 4.78 is 18.5. The molecular formula is C15H22ClFN2O2. The number of ether oxygens (including phenoxy) is 1. The molecule has 0 aromatic heterocycles. The van der Waals surface area contributed by atoms with Gasteiger partial charge in [-0.15, -0.1) is 12.4 Å². The molecule has 1 amide bonds. The van der Waals surface area contributed by atoms with Gasteiger partial charge < -0.3 is 15.4 Å². The highest BCUT2D eigenvalue weighted by molar-refractivity contribution is 5.85. The molecule has 0 radical (unpaired) electrons. The van der Waals surface area contributed by atoms with E-state index in [1.807, 2.05) is 0 Å². The molecule has 3 unspecified atom stereocenters. The molecule has 1 saturated heterocycles. The lowest BCUT2D eigenvalue weighted by atomic mass is 10.0. The van der Waals surface area contributed by atoms with Gasteiger partial charge in [0.25, 0.3) is 5.91 Å². The molecule has 1 aromatic carbocycles. The number of hydrogen-bond acceptors (Lipinski definition) is 3. The van der Waals surface area contributed by atoms with Gasteiger partial charge in [-0.25, -0.2) is 4.39 Å². The molecule has 1 aliphatic heterocycles. The van der Waals surface area contributed by atoms with Gasteiger partial charge in [0, 0.05) is 18.2 Å². The molecule has 0 saturated carbocycles. The number of halogens is 2. The van der Waals surface area contributed by atoms with Crippen LogP contribution in [-0.2, 0) is 4.79 Å². The fourth-order valence-electron chi connectivity index (χ4n) is 2.38. The number of carbonyl (C=O) groups excluding carboxylic acids is 1. The summed E-state index contributed by atoms with van der Waals surface area (Å²) in [5.74, 6) is -0.165. The van der Waals surface area contributed by atoms with Crippen LogP contribution in [0, 0.1) is 5.82 Å². The molecule has 0 bridgehead atoms. The van der Waals surface area contributed by atoms with Gasteiger partial charge in [0.2, 0.25) is 0 Å². The van der Waals surface area contributed by atoms with Crippen LogP contribution in [0.4, 0.5) is 4.39 Å². The molecule has 1 aliphatic rings. The lowest BCUT2D eigenvalue weighted by Crippen LogP contribution is -2.49. The normalized spacial score (nSPS) is 22.8. The molecule has 1 fully saturated rings. The largest absolute Gasteiger partial charge is 0.481 e. The van der Waals surface area contributed by atoms with E-state index in [0.717, 1.165) is 19.4 Å². The molecule has 2 N–H and O–H groups in total. The average Bonchev–Trinajstić information content (AvgIpc) is 2.38. The molecule has 6 heteroatoms. The van der Waals surface area contributed by atoms with Crippen molar-refractivity contribution in [2.45, 2.75) is 44.9 Å². The Morgan fingerprint density at radius 3 is 2.95 bits per heavy atom. The van der Waals surface area contributed by atoms with Crippen molar-refractivity contribution in [1.29, 1.82) is 0 Å². The van der Waals surface area contributed by atoms with E-state index in [1.165, 1.54) is 12.1 Å². The minimum absolute atomic E-state index is 0. The predicted molar refractivity (Wildman–Crippen MR) is 82.4 cm³/mol. The van der Waals surface area contributed by atoms with Gasteiger partial charge in [-0.05, 0) is 45.4 Å². The second kappa shape index (κ2) is 8.20. The standard InChI is InChI=1S/C15H21FN2O2.ClH/c1-10-8-13(6-7-17-10)18-15(19)11(2)20-14-5-3-4-12(16)9-14;/h3-5,9-11,13,17H,6-8H2,1-2H3,(H,18,19);1H. The number of rotatable bonds is 4. The smallest absolute Gasteiger partial charge is 0.260 e. The average molecular weight is 317 g/mol. The van der Waals surface area contributed by atoms with Gasteiger partial charge in [-0.3, -0.25) is 4.79 Å². The number of amides is 1. The second-order valence-electron chi connectivity index (χ2n) is 5.30. The van der Waals surface area contributed by atoms with E-state index < -0.39 is 6.10 Å². The third-order valence-corrected chi connectivity index (χ3v) is 3.45. The highest BCUT2D eigenvalue weighted by Crippen LogP contribution is 2.14. The van der Waals surface area contributed by atoms with Crippen molar-refractivity contribution in [2.75, 3.05) is 6.54 Å². The summed E-state index contributed by atoms with van der Waals surface area (Å²) in [5, 5.41) is 6.32. The topological polar surface area (TPSA) is 50.4 Å². The van der Waals surface area contributed by atoms with E-state index in [1.54, 1.807) is 19.1 Å². The van der Waals surface area contributed by atoms with E-state index in [2.05, 4.69) is 17.6 Å². The number of piperidine rings is 1. The van der Waals surface area contributed by atoms with Crippen molar-refractivity contribution < 1.29 is 13.9 Å². The van der Waals surface area contributed by atoms with Crippen LogP contribution < -0.4 is 15.4 Å². The first-order chi connectivity index (χ1) is 9.54. The molecule has 3 atom stereocenters. The monoisotopic (exact) mass is 316 g/mol. The van der Waals surface area contributed by atoms with Crippen molar-refractivity contribution >= 4 is 18.3 Å². The fraction of sp³-hybridized carbons (Fsp3) is 0.533. The van der Waals surface area contributed by atoms with Crippen molar-refractivity contribution in [3.05, 3.63) is 30.1 Å². The Balaban J connectivity index is 0.00000220. The summed E-state index contributed by atoms with van der Waals surface area (Å²) in [6.45, 7) is 4.68. The maximum Gasteiger partial charge on any atom is 0.260 e. The molecule has 0 spiro atoms. The van der Waals surface area contributed by atoms with Crippen LogP contribution in [0.1, 0.15) is 26.7 Å². The zero-order valence-electron chi connectivity index (χ0n) is 12.3. The zero-order chi connectivity index (χ0) is 14.5.